The number of methoxy groups -OCH3 is 1. The Morgan fingerprint density at radius 3 is 2.37 bits per heavy atom. The first kappa shape index (κ1) is 33.7. The van der Waals surface area contributed by atoms with Gasteiger partial charge in [-0.05, 0) is 100 Å². The highest BCUT2D eigenvalue weighted by Gasteiger charge is 2.36. The topological polar surface area (TPSA) is 95.1 Å². The minimum absolute atomic E-state index is 0.155. The smallest absolute Gasteiger partial charge is 0.338 e. The van der Waals surface area contributed by atoms with Gasteiger partial charge in [0, 0.05) is 35.7 Å². The van der Waals surface area contributed by atoms with Gasteiger partial charge in [0.05, 0.1) is 35.1 Å². The zero-order valence-electron chi connectivity index (χ0n) is 28.9. The highest BCUT2D eigenvalue weighted by Crippen LogP contribution is 2.40. The van der Waals surface area contributed by atoms with Crippen molar-refractivity contribution >= 4 is 40.1 Å². The lowest BCUT2D eigenvalue weighted by molar-refractivity contribution is -0.127. The number of amides is 1. The predicted octanol–water partition coefficient (Wildman–Crippen LogP) is 5.85. The van der Waals surface area contributed by atoms with Crippen molar-refractivity contribution < 1.29 is 19.1 Å². The molecular weight excluding hydrogens is 637 g/mol. The number of nitrogens with zero attached hydrogens (tertiary/aromatic N) is 4. The van der Waals surface area contributed by atoms with Gasteiger partial charge >= 0.3 is 5.97 Å². The molecule has 252 valence electrons. The number of fused-ring (bicyclic) bond motifs is 2. The standard InChI is InChI=1S/C39H40N4O5S/c1-8-41(9-2)37(45)33-24(5)40-39-43(35(33)34-30-14-12-11-13-26(30)17-20-31(34)47-7)36(44)32(49-39)22-28-21-23(4)42(25(28)6)29-18-15-27(16-19-29)38(46)48-10-3/h11-22,35H,8-10H2,1-7H3/b32-22+/t35-/m1/s1. The summed E-state index contributed by atoms with van der Waals surface area (Å²) in [6.07, 6.45) is 1.90. The van der Waals surface area contributed by atoms with Gasteiger partial charge in [0.25, 0.3) is 11.5 Å². The summed E-state index contributed by atoms with van der Waals surface area (Å²) in [6.45, 7) is 12.9. The highest BCUT2D eigenvalue weighted by atomic mass is 32.1. The number of hydrogen-bond acceptors (Lipinski definition) is 7. The van der Waals surface area contributed by atoms with Crippen LogP contribution in [0.15, 0.2) is 87.8 Å². The number of allylic oxidation sites excluding steroid dienone is 1. The third kappa shape index (κ3) is 5.90. The molecule has 10 heteroatoms. The molecule has 0 fully saturated rings. The molecule has 1 amide bonds. The fourth-order valence-corrected chi connectivity index (χ4v) is 7.76. The Labute approximate surface area is 289 Å². The van der Waals surface area contributed by atoms with E-state index in [0.717, 1.165) is 39.0 Å². The minimum atomic E-state index is -0.752. The van der Waals surface area contributed by atoms with E-state index in [1.807, 2.05) is 95.3 Å². The molecule has 0 aliphatic carbocycles. The number of carbonyl (C=O) groups is 2. The second-order valence-electron chi connectivity index (χ2n) is 11.9. The summed E-state index contributed by atoms with van der Waals surface area (Å²) in [4.78, 5) is 48.2. The van der Waals surface area contributed by atoms with Crippen molar-refractivity contribution in [1.29, 1.82) is 0 Å². The zero-order chi connectivity index (χ0) is 35.0. The minimum Gasteiger partial charge on any atom is -0.496 e. The quantitative estimate of drug-likeness (QED) is 0.183. The molecule has 49 heavy (non-hydrogen) atoms. The van der Waals surface area contributed by atoms with Gasteiger partial charge in [-0.25, -0.2) is 9.79 Å². The number of benzene rings is 3. The summed E-state index contributed by atoms with van der Waals surface area (Å²) in [7, 11) is 1.61. The fraction of sp³-hybridized carbons (Fsp3) is 0.282. The molecule has 0 unspecified atom stereocenters. The summed E-state index contributed by atoms with van der Waals surface area (Å²) < 4.78 is 15.3. The number of aryl methyl sites for hydroxylation is 1. The average molecular weight is 677 g/mol. The molecule has 1 atom stereocenters. The first-order valence-electron chi connectivity index (χ1n) is 16.5. The summed E-state index contributed by atoms with van der Waals surface area (Å²) in [5.41, 5.74) is 5.73. The Morgan fingerprint density at radius 2 is 1.69 bits per heavy atom. The molecule has 6 rings (SSSR count). The van der Waals surface area contributed by atoms with Crippen molar-refractivity contribution in [2.45, 2.75) is 47.6 Å². The van der Waals surface area contributed by atoms with Crippen molar-refractivity contribution in [3.8, 4) is 11.4 Å². The fourth-order valence-electron chi connectivity index (χ4n) is 6.72. The van der Waals surface area contributed by atoms with Gasteiger partial charge < -0.3 is 18.9 Å². The number of thiazole rings is 1. The van der Waals surface area contributed by atoms with Crippen molar-refractivity contribution in [3.63, 3.8) is 0 Å². The van der Waals surface area contributed by atoms with Gasteiger partial charge in [0.2, 0.25) is 0 Å². The normalized spacial score (nSPS) is 14.5. The first-order chi connectivity index (χ1) is 23.6. The molecule has 2 aromatic heterocycles. The van der Waals surface area contributed by atoms with Crippen LogP contribution in [0.4, 0.5) is 0 Å². The maximum absolute atomic E-state index is 14.6. The third-order valence-corrected chi connectivity index (χ3v) is 10.1. The monoisotopic (exact) mass is 676 g/mol. The average Bonchev–Trinajstić information content (AvgIpc) is 3.56. The van der Waals surface area contributed by atoms with Gasteiger partial charge in [-0.1, -0.05) is 41.7 Å². The molecule has 1 aliphatic rings. The van der Waals surface area contributed by atoms with Crippen LogP contribution in [-0.2, 0) is 9.53 Å². The molecule has 0 saturated heterocycles. The van der Waals surface area contributed by atoms with E-state index in [0.29, 0.717) is 51.6 Å². The second-order valence-corrected chi connectivity index (χ2v) is 12.9. The Balaban J connectivity index is 1.54. The van der Waals surface area contributed by atoms with Gasteiger partial charge in [0.1, 0.15) is 11.8 Å². The number of ether oxygens (including phenoxy) is 2. The molecule has 3 aromatic carbocycles. The second kappa shape index (κ2) is 13.7. The lowest BCUT2D eigenvalue weighted by Gasteiger charge is -2.30. The van der Waals surface area contributed by atoms with Gasteiger partial charge in [0.15, 0.2) is 4.80 Å². The van der Waals surface area contributed by atoms with Crippen molar-refractivity contribution in [2.24, 2.45) is 4.99 Å². The largest absolute Gasteiger partial charge is 0.496 e. The van der Waals surface area contributed by atoms with E-state index >= 15 is 0 Å². The lowest BCUT2D eigenvalue weighted by atomic mass is 9.90. The van der Waals surface area contributed by atoms with Crippen molar-refractivity contribution in [3.05, 3.63) is 126 Å². The van der Waals surface area contributed by atoms with Gasteiger partial charge in [-0.2, -0.15) is 0 Å². The maximum atomic E-state index is 14.6. The van der Waals surface area contributed by atoms with Crippen molar-refractivity contribution in [1.82, 2.24) is 14.0 Å². The molecular formula is C39H40N4O5S. The third-order valence-electron chi connectivity index (χ3n) is 9.12. The summed E-state index contributed by atoms with van der Waals surface area (Å²) in [5.74, 6) is 0.0797. The molecule has 1 aliphatic heterocycles. The van der Waals surface area contributed by atoms with Crippen LogP contribution in [0.2, 0.25) is 0 Å². The molecule has 0 N–H and O–H groups in total. The van der Waals surface area contributed by atoms with E-state index < -0.39 is 6.04 Å². The lowest BCUT2D eigenvalue weighted by Crippen LogP contribution is -2.43. The van der Waals surface area contributed by atoms with Crippen LogP contribution in [0.3, 0.4) is 0 Å². The Kier molecular flexibility index (Phi) is 9.43. The maximum Gasteiger partial charge on any atom is 0.338 e. The van der Waals surface area contributed by atoms with Crippen molar-refractivity contribution in [2.75, 3.05) is 26.8 Å². The molecule has 0 radical (unpaired) electrons. The molecule has 9 nitrogen and oxygen atoms in total. The number of carbonyl (C=O) groups excluding carboxylic acids is 2. The van der Waals surface area contributed by atoms with E-state index in [9.17, 15) is 14.4 Å². The van der Waals surface area contributed by atoms with Crippen LogP contribution < -0.4 is 19.6 Å². The van der Waals surface area contributed by atoms with E-state index in [2.05, 4.69) is 4.57 Å². The van der Waals surface area contributed by atoms with Crippen LogP contribution in [0.1, 0.15) is 66.6 Å². The van der Waals surface area contributed by atoms with Crippen LogP contribution in [0.5, 0.6) is 5.75 Å². The van der Waals surface area contributed by atoms with Crippen LogP contribution in [-0.4, -0.2) is 52.7 Å². The molecule has 0 saturated carbocycles. The zero-order valence-corrected chi connectivity index (χ0v) is 29.7. The van der Waals surface area contributed by atoms with Crippen LogP contribution in [0.25, 0.3) is 22.5 Å². The van der Waals surface area contributed by atoms with Gasteiger partial charge in [-0.3, -0.25) is 14.2 Å². The van der Waals surface area contributed by atoms with Gasteiger partial charge in [-0.15, -0.1) is 0 Å². The molecule has 3 heterocycles. The Morgan fingerprint density at radius 1 is 0.980 bits per heavy atom. The van der Waals surface area contributed by atoms with E-state index in [4.69, 9.17) is 14.5 Å². The number of hydrogen-bond donors (Lipinski definition) is 0. The summed E-state index contributed by atoms with van der Waals surface area (Å²) >= 11 is 1.31. The number of likely N-dealkylation sites (N-methyl/N-ethyl adjacent to an activating group) is 1. The number of aromatic nitrogens is 2. The molecule has 5 aromatic rings. The highest BCUT2D eigenvalue weighted by molar-refractivity contribution is 7.07. The van der Waals surface area contributed by atoms with E-state index in [1.54, 1.807) is 35.6 Å². The summed E-state index contributed by atoms with van der Waals surface area (Å²) in [5, 5.41) is 1.88. The Bertz CT molecular complexity index is 2310. The number of esters is 1. The molecule has 0 spiro atoms. The van der Waals surface area contributed by atoms with Crippen LogP contribution >= 0.6 is 11.3 Å². The summed E-state index contributed by atoms with van der Waals surface area (Å²) in [6, 6.07) is 20.4. The van der Waals surface area contributed by atoms with Crippen LogP contribution in [0, 0.1) is 13.8 Å². The number of rotatable bonds is 9. The molecule has 0 bridgehead atoms. The first-order valence-corrected chi connectivity index (χ1v) is 17.3. The SMILES string of the molecule is CCOC(=O)c1ccc(-n2c(C)cc(/C=c3/sc4n(c3=O)[C@@H](c3c(OC)ccc5ccccc35)C(C(=O)N(CC)CC)=C(C)N=4)c2C)cc1. The van der Waals surface area contributed by atoms with E-state index in [-0.39, 0.29) is 17.4 Å². The Hall–Kier alpha value is -5.22. The van der Waals surface area contributed by atoms with E-state index in [1.165, 1.54) is 11.3 Å². The predicted molar refractivity (Wildman–Crippen MR) is 193 cm³/mol.